The Balaban J connectivity index is 2.17. The number of urea groups is 1. The van der Waals surface area contributed by atoms with Gasteiger partial charge in [-0.25, -0.2) is 4.79 Å². The average molecular weight is 228 g/mol. The van der Waals surface area contributed by atoms with Gasteiger partial charge in [0, 0.05) is 13.1 Å². The lowest BCUT2D eigenvalue weighted by atomic mass is 9.82. The maximum absolute atomic E-state index is 11.1. The number of aliphatic carboxylic acids is 1. The van der Waals surface area contributed by atoms with Crippen molar-refractivity contribution >= 4 is 12.0 Å². The van der Waals surface area contributed by atoms with Gasteiger partial charge < -0.3 is 15.7 Å². The van der Waals surface area contributed by atoms with Crippen LogP contribution in [-0.4, -0.2) is 30.2 Å². The fourth-order valence-corrected chi connectivity index (χ4v) is 2.07. The van der Waals surface area contributed by atoms with Crippen molar-refractivity contribution in [1.82, 2.24) is 10.6 Å². The van der Waals surface area contributed by atoms with Gasteiger partial charge in [-0.1, -0.05) is 0 Å². The second-order valence-electron chi connectivity index (χ2n) is 4.30. The molecule has 0 atom stereocenters. The van der Waals surface area contributed by atoms with Crippen LogP contribution in [0.1, 0.15) is 32.6 Å². The zero-order valence-electron chi connectivity index (χ0n) is 9.66. The third-order valence-electron chi connectivity index (χ3n) is 3.08. The molecule has 1 rings (SSSR count). The number of amides is 2. The van der Waals surface area contributed by atoms with Crippen molar-refractivity contribution in [2.45, 2.75) is 32.6 Å². The van der Waals surface area contributed by atoms with E-state index in [9.17, 15) is 9.59 Å². The van der Waals surface area contributed by atoms with Gasteiger partial charge in [0.2, 0.25) is 0 Å². The van der Waals surface area contributed by atoms with Crippen LogP contribution in [0.2, 0.25) is 0 Å². The zero-order valence-corrected chi connectivity index (χ0v) is 9.66. The number of carbonyl (C=O) groups is 2. The molecule has 5 nitrogen and oxygen atoms in total. The van der Waals surface area contributed by atoms with E-state index in [1.54, 1.807) is 0 Å². The Labute approximate surface area is 95.6 Å². The number of hydrogen-bond donors (Lipinski definition) is 3. The van der Waals surface area contributed by atoms with Crippen LogP contribution in [0.25, 0.3) is 0 Å². The van der Waals surface area contributed by atoms with Gasteiger partial charge in [0.1, 0.15) is 0 Å². The highest BCUT2D eigenvalue weighted by molar-refractivity contribution is 5.73. The average Bonchev–Trinajstić information content (AvgIpc) is 2.27. The first-order chi connectivity index (χ1) is 7.63. The maximum Gasteiger partial charge on any atom is 0.314 e. The Morgan fingerprint density at radius 3 is 2.31 bits per heavy atom. The standard InChI is InChI=1S/C11H20N2O3/c1-2-12-11(16)13-7-8-3-5-9(6-4-8)10(14)15/h8-9H,2-7H2,1H3,(H,14,15)(H2,12,13,16)/t8-,9-. The van der Waals surface area contributed by atoms with Crippen LogP contribution in [0.15, 0.2) is 0 Å². The molecule has 1 fully saturated rings. The topological polar surface area (TPSA) is 78.4 Å². The normalized spacial score (nSPS) is 24.8. The van der Waals surface area contributed by atoms with E-state index in [0.717, 1.165) is 25.7 Å². The molecular formula is C11H20N2O3. The predicted molar refractivity (Wildman–Crippen MR) is 60.2 cm³/mol. The van der Waals surface area contributed by atoms with Crippen LogP contribution in [-0.2, 0) is 4.79 Å². The van der Waals surface area contributed by atoms with Gasteiger partial charge in [0.05, 0.1) is 5.92 Å². The van der Waals surface area contributed by atoms with E-state index in [0.29, 0.717) is 19.0 Å². The first-order valence-corrected chi connectivity index (χ1v) is 5.88. The molecule has 0 unspecified atom stereocenters. The molecule has 0 aromatic carbocycles. The number of rotatable bonds is 4. The number of carboxylic acid groups (broad SMARTS) is 1. The summed E-state index contributed by atoms with van der Waals surface area (Å²) in [5.41, 5.74) is 0. The van der Waals surface area contributed by atoms with E-state index < -0.39 is 5.97 Å². The summed E-state index contributed by atoms with van der Waals surface area (Å²) in [5.74, 6) is -0.436. The molecule has 2 amide bonds. The van der Waals surface area contributed by atoms with E-state index >= 15 is 0 Å². The monoisotopic (exact) mass is 228 g/mol. The minimum Gasteiger partial charge on any atom is -0.481 e. The first kappa shape index (κ1) is 12.8. The van der Waals surface area contributed by atoms with Crippen LogP contribution >= 0.6 is 0 Å². The molecule has 0 aromatic heterocycles. The van der Waals surface area contributed by atoms with E-state index in [1.165, 1.54) is 0 Å². The van der Waals surface area contributed by atoms with E-state index in [1.807, 2.05) is 6.92 Å². The zero-order chi connectivity index (χ0) is 12.0. The summed E-state index contributed by atoms with van der Waals surface area (Å²) in [6.45, 7) is 3.15. The Morgan fingerprint density at radius 1 is 1.19 bits per heavy atom. The summed E-state index contributed by atoms with van der Waals surface area (Å²) >= 11 is 0. The molecular weight excluding hydrogens is 208 g/mol. The largest absolute Gasteiger partial charge is 0.481 e. The number of hydrogen-bond acceptors (Lipinski definition) is 2. The minimum atomic E-state index is -0.685. The summed E-state index contributed by atoms with van der Waals surface area (Å²) in [4.78, 5) is 21.9. The second-order valence-corrected chi connectivity index (χ2v) is 4.30. The lowest BCUT2D eigenvalue weighted by Crippen LogP contribution is -2.39. The van der Waals surface area contributed by atoms with Crippen LogP contribution < -0.4 is 10.6 Å². The van der Waals surface area contributed by atoms with Gasteiger partial charge >= 0.3 is 12.0 Å². The molecule has 0 heterocycles. The Hall–Kier alpha value is -1.26. The Bertz CT molecular complexity index is 248. The Kier molecular flexibility index (Phi) is 5.08. The molecule has 3 N–H and O–H groups in total. The van der Waals surface area contributed by atoms with Crippen LogP contribution in [0.4, 0.5) is 4.79 Å². The van der Waals surface area contributed by atoms with Crippen molar-refractivity contribution in [3.8, 4) is 0 Å². The second kappa shape index (κ2) is 6.35. The molecule has 0 radical (unpaired) electrons. The van der Waals surface area contributed by atoms with Crippen molar-refractivity contribution in [3.05, 3.63) is 0 Å². The highest BCUT2D eigenvalue weighted by Gasteiger charge is 2.25. The van der Waals surface area contributed by atoms with Gasteiger partial charge in [-0.15, -0.1) is 0 Å². The smallest absolute Gasteiger partial charge is 0.314 e. The molecule has 0 saturated heterocycles. The van der Waals surface area contributed by atoms with E-state index in [-0.39, 0.29) is 11.9 Å². The first-order valence-electron chi connectivity index (χ1n) is 5.88. The number of carbonyl (C=O) groups excluding carboxylic acids is 1. The van der Waals surface area contributed by atoms with Gasteiger partial charge in [-0.05, 0) is 38.5 Å². The summed E-state index contributed by atoms with van der Waals surface area (Å²) < 4.78 is 0. The predicted octanol–water partition coefficient (Wildman–Crippen LogP) is 1.20. The third-order valence-corrected chi connectivity index (χ3v) is 3.08. The van der Waals surface area contributed by atoms with E-state index in [4.69, 9.17) is 5.11 Å². The Morgan fingerprint density at radius 2 is 1.81 bits per heavy atom. The quantitative estimate of drug-likeness (QED) is 0.676. The van der Waals surface area contributed by atoms with Gasteiger partial charge in [-0.3, -0.25) is 4.79 Å². The molecule has 16 heavy (non-hydrogen) atoms. The molecule has 0 aromatic rings. The molecule has 0 aliphatic heterocycles. The fraction of sp³-hybridized carbons (Fsp3) is 0.818. The molecule has 5 heteroatoms. The summed E-state index contributed by atoms with van der Waals surface area (Å²) in [5, 5.41) is 14.3. The molecule has 1 saturated carbocycles. The highest BCUT2D eigenvalue weighted by Crippen LogP contribution is 2.28. The molecule has 1 aliphatic carbocycles. The van der Waals surface area contributed by atoms with Crippen molar-refractivity contribution < 1.29 is 14.7 Å². The number of carboxylic acids is 1. The maximum atomic E-state index is 11.1. The molecule has 0 bridgehead atoms. The van der Waals surface area contributed by atoms with Gasteiger partial charge in [0.15, 0.2) is 0 Å². The van der Waals surface area contributed by atoms with Crippen molar-refractivity contribution in [1.29, 1.82) is 0 Å². The minimum absolute atomic E-state index is 0.136. The molecule has 1 aliphatic rings. The highest BCUT2D eigenvalue weighted by atomic mass is 16.4. The lowest BCUT2D eigenvalue weighted by Gasteiger charge is -2.26. The van der Waals surface area contributed by atoms with Crippen molar-refractivity contribution in [3.63, 3.8) is 0 Å². The summed E-state index contributed by atoms with van der Waals surface area (Å²) in [6.07, 6.45) is 3.25. The van der Waals surface area contributed by atoms with Crippen LogP contribution in [0, 0.1) is 11.8 Å². The van der Waals surface area contributed by atoms with Gasteiger partial charge in [-0.2, -0.15) is 0 Å². The SMILES string of the molecule is CCNC(=O)NC[C@H]1CC[C@H](C(=O)O)CC1. The fourth-order valence-electron chi connectivity index (χ4n) is 2.07. The van der Waals surface area contributed by atoms with Crippen molar-refractivity contribution in [2.24, 2.45) is 11.8 Å². The number of nitrogens with one attached hydrogen (secondary N) is 2. The summed E-state index contributed by atoms with van der Waals surface area (Å²) in [7, 11) is 0. The third kappa shape index (κ3) is 4.08. The lowest BCUT2D eigenvalue weighted by molar-refractivity contribution is -0.143. The van der Waals surface area contributed by atoms with Crippen LogP contribution in [0.5, 0.6) is 0 Å². The van der Waals surface area contributed by atoms with Crippen LogP contribution in [0.3, 0.4) is 0 Å². The molecule has 0 spiro atoms. The van der Waals surface area contributed by atoms with Gasteiger partial charge in [0.25, 0.3) is 0 Å². The molecule has 92 valence electrons. The summed E-state index contributed by atoms with van der Waals surface area (Å²) in [6, 6.07) is -0.136. The van der Waals surface area contributed by atoms with Crippen molar-refractivity contribution in [2.75, 3.05) is 13.1 Å². The van der Waals surface area contributed by atoms with E-state index in [2.05, 4.69) is 10.6 Å².